The second-order valence-corrected chi connectivity index (χ2v) is 5.07. The summed E-state index contributed by atoms with van der Waals surface area (Å²) >= 11 is 6.25. The van der Waals surface area contributed by atoms with Gasteiger partial charge in [0, 0.05) is 7.05 Å². The number of nitrogens with one attached hydrogen (secondary N) is 1. The largest absolute Gasteiger partial charge is 0.497 e. The van der Waals surface area contributed by atoms with Crippen molar-refractivity contribution in [2.75, 3.05) is 13.7 Å². The number of halogens is 1. The highest BCUT2D eigenvalue weighted by atomic mass is 35.5. The number of rotatable bonds is 6. The van der Waals surface area contributed by atoms with Crippen molar-refractivity contribution in [3.8, 4) is 5.75 Å². The second kappa shape index (κ2) is 6.77. The number of nitrogens with zero attached hydrogens (tertiary/aromatic N) is 2. The van der Waals surface area contributed by atoms with Crippen LogP contribution in [-0.2, 0) is 13.5 Å². The Hall–Kier alpha value is -1.52. The third-order valence-electron chi connectivity index (χ3n) is 3.32. The standard InChI is InChI=1S/C15H20ClN3O/c1-4-17-14(15-13(16)10-18-19(15)2)9-11-5-7-12(20-3)8-6-11/h5-8,10,14,17H,4,9H2,1-3H3. The van der Waals surface area contributed by atoms with E-state index < -0.39 is 0 Å². The van der Waals surface area contributed by atoms with Crippen molar-refractivity contribution in [2.45, 2.75) is 19.4 Å². The summed E-state index contributed by atoms with van der Waals surface area (Å²) in [4.78, 5) is 0. The van der Waals surface area contributed by atoms with E-state index >= 15 is 0 Å². The smallest absolute Gasteiger partial charge is 0.118 e. The van der Waals surface area contributed by atoms with Crippen molar-refractivity contribution < 1.29 is 4.74 Å². The van der Waals surface area contributed by atoms with Gasteiger partial charge in [-0.05, 0) is 30.7 Å². The summed E-state index contributed by atoms with van der Waals surface area (Å²) in [6.07, 6.45) is 2.55. The Morgan fingerprint density at radius 3 is 2.55 bits per heavy atom. The zero-order chi connectivity index (χ0) is 14.5. The van der Waals surface area contributed by atoms with Crippen molar-refractivity contribution in [3.05, 3.63) is 46.7 Å². The second-order valence-electron chi connectivity index (χ2n) is 4.66. The predicted molar refractivity (Wildman–Crippen MR) is 81.3 cm³/mol. The minimum atomic E-state index is 0.147. The highest BCUT2D eigenvalue weighted by molar-refractivity contribution is 6.31. The van der Waals surface area contributed by atoms with Gasteiger partial charge in [0.1, 0.15) is 5.75 Å². The third-order valence-corrected chi connectivity index (χ3v) is 3.61. The quantitative estimate of drug-likeness (QED) is 0.890. The number of hydrogen-bond donors (Lipinski definition) is 1. The Kier molecular flexibility index (Phi) is 5.04. The summed E-state index contributed by atoms with van der Waals surface area (Å²) in [5, 5.41) is 8.38. The van der Waals surface area contributed by atoms with E-state index in [1.807, 2.05) is 23.9 Å². The first-order valence-corrected chi connectivity index (χ1v) is 7.07. The Bertz CT molecular complexity index is 531. The van der Waals surface area contributed by atoms with Gasteiger partial charge in [-0.15, -0.1) is 0 Å². The molecule has 0 spiro atoms. The minimum absolute atomic E-state index is 0.147. The lowest BCUT2D eigenvalue weighted by atomic mass is 10.0. The first-order valence-electron chi connectivity index (χ1n) is 6.69. The summed E-state index contributed by atoms with van der Waals surface area (Å²) in [6.45, 7) is 2.97. The van der Waals surface area contributed by atoms with Gasteiger partial charge < -0.3 is 10.1 Å². The van der Waals surface area contributed by atoms with E-state index in [1.54, 1.807) is 13.3 Å². The molecule has 0 bridgehead atoms. The van der Waals surface area contributed by atoms with Crippen LogP contribution in [0.5, 0.6) is 5.75 Å². The lowest BCUT2D eigenvalue weighted by molar-refractivity contribution is 0.414. The molecule has 1 heterocycles. The molecule has 20 heavy (non-hydrogen) atoms. The van der Waals surface area contributed by atoms with E-state index in [2.05, 4.69) is 29.5 Å². The number of ether oxygens (including phenoxy) is 1. The van der Waals surface area contributed by atoms with Crippen molar-refractivity contribution in [3.63, 3.8) is 0 Å². The fourth-order valence-corrected chi connectivity index (χ4v) is 2.62. The van der Waals surface area contributed by atoms with E-state index in [1.165, 1.54) is 5.56 Å². The van der Waals surface area contributed by atoms with Gasteiger partial charge in [0.2, 0.25) is 0 Å². The lowest BCUT2D eigenvalue weighted by Gasteiger charge is -2.19. The van der Waals surface area contributed by atoms with Crippen LogP contribution in [0.1, 0.15) is 24.2 Å². The monoisotopic (exact) mass is 293 g/mol. The van der Waals surface area contributed by atoms with Gasteiger partial charge in [-0.1, -0.05) is 30.7 Å². The minimum Gasteiger partial charge on any atom is -0.497 e. The molecule has 2 aromatic rings. The van der Waals surface area contributed by atoms with Crippen molar-refractivity contribution in [1.29, 1.82) is 0 Å². The maximum Gasteiger partial charge on any atom is 0.118 e. The molecule has 0 aliphatic heterocycles. The molecule has 0 fully saturated rings. The van der Waals surface area contributed by atoms with Gasteiger partial charge in [-0.2, -0.15) is 5.10 Å². The molecule has 0 aliphatic rings. The summed E-state index contributed by atoms with van der Waals surface area (Å²) in [6, 6.07) is 8.25. The molecule has 1 aromatic heterocycles. The van der Waals surface area contributed by atoms with Crippen LogP contribution in [0.2, 0.25) is 5.02 Å². The van der Waals surface area contributed by atoms with Gasteiger partial charge in [-0.3, -0.25) is 4.68 Å². The van der Waals surface area contributed by atoms with E-state index in [0.29, 0.717) is 5.02 Å². The molecule has 1 aromatic carbocycles. The van der Waals surface area contributed by atoms with Crippen LogP contribution >= 0.6 is 11.6 Å². The molecule has 1 unspecified atom stereocenters. The summed E-state index contributed by atoms with van der Waals surface area (Å²) in [5.74, 6) is 0.868. The van der Waals surface area contributed by atoms with Crippen LogP contribution in [0, 0.1) is 0 Å². The van der Waals surface area contributed by atoms with Crippen molar-refractivity contribution in [2.24, 2.45) is 7.05 Å². The predicted octanol–water partition coefficient (Wildman–Crippen LogP) is 2.98. The van der Waals surface area contributed by atoms with Crippen molar-refractivity contribution in [1.82, 2.24) is 15.1 Å². The maximum atomic E-state index is 6.25. The van der Waals surface area contributed by atoms with Crippen LogP contribution in [0.15, 0.2) is 30.5 Å². The molecule has 5 heteroatoms. The molecule has 2 rings (SSSR count). The molecule has 1 atom stereocenters. The molecule has 0 radical (unpaired) electrons. The number of benzene rings is 1. The van der Waals surface area contributed by atoms with Gasteiger partial charge >= 0.3 is 0 Å². The summed E-state index contributed by atoms with van der Waals surface area (Å²) in [5.41, 5.74) is 2.25. The lowest BCUT2D eigenvalue weighted by Crippen LogP contribution is -2.25. The van der Waals surface area contributed by atoms with Crippen LogP contribution in [0.4, 0.5) is 0 Å². The van der Waals surface area contributed by atoms with E-state index in [4.69, 9.17) is 16.3 Å². The number of likely N-dealkylation sites (N-methyl/N-ethyl adjacent to an activating group) is 1. The number of aromatic nitrogens is 2. The zero-order valence-corrected chi connectivity index (χ0v) is 12.8. The summed E-state index contributed by atoms with van der Waals surface area (Å²) in [7, 11) is 3.59. The highest BCUT2D eigenvalue weighted by Crippen LogP contribution is 2.25. The van der Waals surface area contributed by atoms with Crippen LogP contribution in [0.25, 0.3) is 0 Å². The molecular weight excluding hydrogens is 274 g/mol. The molecule has 108 valence electrons. The molecule has 0 saturated carbocycles. The zero-order valence-electron chi connectivity index (χ0n) is 12.1. The van der Waals surface area contributed by atoms with Gasteiger partial charge in [0.15, 0.2) is 0 Å². The average molecular weight is 294 g/mol. The normalized spacial score (nSPS) is 12.4. The summed E-state index contributed by atoms with van der Waals surface area (Å²) < 4.78 is 7.01. The fraction of sp³-hybridized carbons (Fsp3) is 0.400. The SMILES string of the molecule is CCNC(Cc1ccc(OC)cc1)c1c(Cl)cnn1C. The number of methoxy groups -OCH3 is 1. The van der Waals surface area contributed by atoms with E-state index in [9.17, 15) is 0 Å². The fourth-order valence-electron chi connectivity index (χ4n) is 2.32. The molecule has 0 saturated heterocycles. The highest BCUT2D eigenvalue weighted by Gasteiger charge is 2.18. The van der Waals surface area contributed by atoms with Gasteiger partial charge in [-0.25, -0.2) is 0 Å². The van der Waals surface area contributed by atoms with Gasteiger partial charge in [0.25, 0.3) is 0 Å². The van der Waals surface area contributed by atoms with Crippen LogP contribution < -0.4 is 10.1 Å². The van der Waals surface area contributed by atoms with E-state index in [-0.39, 0.29) is 6.04 Å². The number of hydrogen-bond acceptors (Lipinski definition) is 3. The Morgan fingerprint density at radius 2 is 2.05 bits per heavy atom. The molecule has 1 N–H and O–H groups in total. The average Bonchev–Trinajstić information content (AvgIpc) is 2.78. The molecule has 0 amide bonds. The first kappa shape index (κ1) is 14.9. The maximum absolute atomic E-state index is 6.25. The van der Waals surface area contributed by atoms with E-state index in [0.717, 1.165) is 24.4 Å². The Labute approximate surface area is 124 Å². The van der Waals surface area contributed by atoms with Crippen molar-refractivity contribution >= 4 is 11.6 Å². The molecule has 4 nitrogen and oxygen atoms in total. The number of aryl methyl sites for hydroxylation is 1. The Morgan fingerprint density at radius 1 is 1.35 bits per heavy atom. The molecular formula is C15H20ClN3O. The van der Waals surface area contributed by atoms with Crippen LogP contribution in [-0.4, -0.2) is 23.4 Å². The van der Waals surface area contributed by atoms with Crippen LogP contribution in [0.3, 0.4) is 0 Å². The Balaban J connectivity index is 2.20. The molecule has 0 aliphatic carbocycles. The van der Waals surface area contributed by atoms with Gasteiger partial charge in [0.05, 0.1) is 30.1 Å². The topological polar surface area (TPSA) is 39.1 Å². The first-order chi connectivity index (χ1) is 9.65. The third kappa shape index (κ3) is 3.32.